The van der Waals surface area contributed by atoms with E-state index in [4.69, 9.17) is 4.74 Å². The molecule has 0 atom stereocenters. The van der Waals surface area contributed by atoms with Gasteiger partial charge in [0.2, 0.25) is 0 Å². The second-order valence-corrected chi connectivity index (χ2v) is 3.79. The molecule has 0 heterocycles. The fourth-order valence-corrected chi connectivity index (χ4v) is 1.51. The van der Waals surface area contributed by atoms with Crippen molar-refractivity contribution in [1.29, 1.82) is 0 Å². The van der Waals surface area contributed by atoms with Crippen molar-refractivity contribution >= 4 is 11.4 Å². The van der Waals surface area contributed by atoms with Crippen LogP contribution in [0.25, 0.3) is 0 Å². The molecular weight excluding hydrogens is 232 g/mol. The van der Waals surface area contributed by atoms with Crippen LogP contribution in [-0.4, -0.2) is 18.1 Å². The number of nitro groups is 1. The first-order valence-corrected chi connectivity index (χ1v) is 5.95. The zero-order valence-corrected chi connectivity index (χ0v) is 10.5. The number of unbranched alkanes of at least 4 members (excludes halogenated alkanes) is 1. The predicted molar refractivity (Wildman–Crippen MR) is 72.2 cm³/mol. The Kier molecular flexibility index (Phi) is 5.70. The molecule has 98 valence electrons. The summed E-state index contributed by atoms with van der Waals surface area (Å²) in [6, 6.07) is 4.79. The number of anilines is 1. The van der Waals surface area contributed by atoms with Gasteiger partial charge in [0.15, 0.2) is 5.69 Å². The van der Waals surface area contributed by atoms with Gasteiger partial charge in [0.1, 0.15) is 12.4 Å². The molecular formula is C13H18N2O3. The van der Waals surface area contributed by atoms with Gasteiger partial charge in [-0.15, -0.1) is 0 Å². The van der Waals surface area contributed by atoms with Crippen molar-refractivity contribution in [3.8, 4) is 5.75 Å². The van der Waals surface area contributed by atoms with Crippen LogP contribution < -0.4 is 10.1 Å². The van der Waals surface area contributed by atoms with Crippen LogP contribution in [0.4, 0.5) is 11.4 Å². The van der Waals surface area contributed by atoms with Crippen LogP contribution in [0, 0.1) is 10.1 Å². The first-order valence-electron chi connectivity index (χ1n) is 5.95. The van der Waals surface area contributed by atoms with Crippen LogP contribution in [-0.2, 0) is 0 Å². The van der Waals surface area contributed by atoms with Crippen LogP contribution in [0.1, 0.15) is 19.8 Å². The van der Waals surface area contributed by atoms with E-state index >= 15 is 0 Å². The van der Waals surface area contributed by atoms with E-state index in [-0.39, 0.29) is 5.69 Å². The van der Waals surface area contributed by atoms with Crippen molar-refractivity contribution in [2.75, 3.05) is 18.5 Å². The van der Waals surface area contributed by atoms with Crippen molar-refractivity contribution in [3.05, 3.63) is 41.0 Å². The van der Waals surface area contributed by atoms with Crippen LogP contribution in [0.3, 0.4) is 0 Å². The molecule has 1 aromatic carbocycles. The Morgan fingerprint density at radius 1 is 1.56 bits per heavy atom. The Hall–Kier alpha value is -2.04. The number of nitrogens with one attached hydrogen (secondary N) is 1. The average Bonchev–Trinajstić information content (AvgIpc) is 2.37. The fraction of sp³-hybridized carbons (Fsp3) is 0.385. The maximum atomic E-state index is 11.0. The molecule has 0 aromatic heterocycles. The Morgan fingerprint density at radius 3 is 2.94 bits per heavy atom. The summed E-state index contributed by atoms with van der Waals surface area (Å²) in [5.41, 5.74) is 0.477. The standard InChI is InChI=1S/C13H18N2O3/c1-3-5-9-14-13-11(15(16)17)7-6-8-12(13)18-10-4-2/h4,6-8,14H,2-3,5,9-10H2,1H3. The van der Waals surface area contributed by atoms with Gasteiger partial charge in [-0.25, -0.2) is 0 Å². The molecule has 0 saturated heterocycles. The molecule has 1 aromatic rings. The number of ether oxygens (including phenoxy) is 1. The summed E-state index contributed by atoms with van der Waals surface area (Å²) >= 11 is 0. The van der Waals surface area contributed by atoms with Crippen molar-refractivity contribution in [2.45, 2.75) is 19.8 Å². The third-order valence-electron chi connectivity index (χ3n) is 2.39. The number of para-hydroxylation sites is 1. The molecule has 0 unspecified atom stereocenters. The van der Waals surface area contributed by atoms with E-state index in [2.05, 4.69) is 18.8 Å². The molecule has 0 spiro atoms. The lowest BCUT2D eigenvalue weighted by molar-refractivity contribution is -0.384. The van der Waals surface area contributed by atoms with E-state index in [0.29, 0.717) is 24.6 Å². The molecule has 0 aliphatic rings. The first-order chi connectivity index (χ1) is 8.70. The van der Waals surface area contributed by atoms with E-state index in [9.17, 15) is 10.1 Å². The maximum absolute atomic E-state index is 11.0. The summed E-state index contributed by atoms with van der Waals surface area (Å²) in [5, 5.41) is 14.0. The number of benzene rings is 1. The Bertz CT molecular complexity index is 419. The minimum atomic E-state index is -0.408. The molecule has 1 rings (SSSR count). The van der Waals surface area contributed by atoms with E-state index in [1.54, 1.807) is 18.2 Å². The number of hydrogen-bond acceptors (Lipinski definition) is 4. The van der Waals surface area contributed by atoms with Crippen LogP contribution in [0.2, 0.25) is 0 Å². The molecule has 0 amide bonds. The molecule has 0 aliphatic carbocycles. The second-order valence-electron chi connectivity index (χ2n) is 3.79. The molecule has 5 heteroatoms. The fourth-order valence-electron chi connectivity index (χ4n) is 1.51. The average molecular weight is 250 g/mol. The number of nitro benzene ring substituents is 1. The van der Waals surface area contributed by atoms with Gasteiger partial charge < -0.3 is 10.1 Å². The van der Waals surface area contributed by atoms with E-state index in [1.807, 2.05) is 0 Å². The van der Waals surface area contributed by atoms with Gasteiger partial charge in [-0.3, -0.25) is 10.1 Å². The molecule has 0 bridgehead atoms. The quantitative estimate of drug-likeness (QED) is 0.332. The third kappa shape index (κ3) is 3.76. The molecule has 0 radical (unpaired) electrons. The maximum Gasteiger partial charge on any atom is 0.296 e. The summed E-state index contributed by atoms with van der Waals surface area (Å²) in [6.07, 6.45) is 3.58. The zero-order chi connectivity index (χ0) is 13.4. The highest BCUT2D eigenvalue weighted by Crippen LogP contribution is 2.34. The van der Waals surface area contributed by atoms with Gasteiger partial charge in [-0.2, -0.15) is 0 Å². The third-order valence-corrected chi connectivity index (χ3v) is 2.39. The summed E-state index contributed by atoms with van der Waals surface area (Å²) in [5.74, 6) is 0.486. The SMILES string of the molecule is C=CCOc1cccc([N+](=O)[O-])c1NCCCC. The second kappa shape index (κ2) is 7.32. The van der Waals surface area contributed by atoms with Crippen molar-refractivity contribution in [2.24, 2.45) is 0 Å². The lowest BCUT2D eigenvalue weighted by Crippen LogP contribution is -2.07. The molecule has 0 fully saturated rings. The van der Waals surface area contributed by atoms with Gasteiger partial charge in [-0.1, -0.05) is 32.1 Å². The molecule has 5 nitrogen and oxygen atoms in total. The van der Waals surface area contributed by atoms with Crippen LogP contribution >= 0.6 is 0 Å². The van der Waals surface area contributed by atoms with Gasteiger partial charge in [0, 0.05) is 12.6 Å². The normalized spacial score (nSPS) is 9.83. The first kappa shape index (κ1) is 14.0. The van der Waals surface area contributed by atoms with Gasteiger partial charge in [0.25, 0.3) is 5.69 Å². The Labute approximate surface area is 107 Å². The molecule has 0 aliphatic heterocycles. The smallest absolute Gasteiger partial charge is 0.296 e. The highest BCUT2D eigenvalue weighted by Gasteiger charge is 2.17. The summed E-state index contributed by atoms with van der Waals surface area (Å²) in [6.45, 7) is 6.63. The highest BCUT2D eigenvalue weighted by atomic mass is 16.6. The number of hydrogen-bond donors (Lipinski definition) is 1. The minimum absolute atomic E-state index is 0.0349. The topological polar surface area (TPSA) is 64.4 Å². The summed E-state index contributed by atoms with van der Waals surface area (Å²) < 4.78 is 5.42. The van der Waals surface area contributed by atoms with Gasteiger partial charge in [-0.05, 0) is 12.5 Å². The summed E-state index contributed by atoms with van der Waals surface area (Å²) in [4.78, 5) is 10.6. The molecule has 0 saturated carbocycles. The predicted octanol–water partition coefficient (Wildman–Crippen LogP) is 3.37. The lowest BCUT2D eigenvalue weighted by atomic mass is 10.2. The van der Waals surface area contributed by atoms with Crippen molar-refractivity contribution in [3.63, 3.8) is 0 Å². The zero-order valence-electron chi connectivity index (χ0n) is 10.5. The van der Waals surface area contributed by atoms with E-state index in [0.717, 1.165) is 12.8 Å². The van der Waals surface area contributed by atoms with Gasteiger partial charge in [0.05, 0.1) is 4.92 Å². The Balaban J connectivity index is 2.96. The summed E-state index contributed by atoms with van der Waals surface area (Å²) in [7, 11) is 0. The van der Waals surface area contributed by atoms with Crippen LogP contribution in [0.15, 0.2) is 30.9 Å². The molecule has 18 heavy (non-hydrogen) atoms. The Morgan fingerprint density at radius 2 is 2.33 bits per heavy atom. The number of nitrogens with zero attached hydrogens (tertiary/aromatic N) is 1. The van der Waals surface area contributed by atoms with Crippen molar-refractivity contribution in [1.82, 2.24) is 0 Å². The molecule has 1 N–H and O–H groups in total. The van der Waals surface area contributed by atoms with Crippen LogP contribution in [0.5, 0.6) is 5.75 Å². The van der Waals surface area contributed by atoms with E-state index < -0.39 is 4.92 Å². The number of rotatable bonds is 8. The largest absolute Gasteiger partial charge is 0.487 e. The highest BCUT2D eigenvalue weighted by molar-refractivity contribution is 5.70. The van der Waals surface area contributed by atoms with E-state index in [1.165, 1.54) is 6.07 Å². The lowest BCUT2D eigenvalue weighted by Gasteiger charge is -2.12. The van der Waals surface area contributed by atoms with Gasteiger partial charge >= 0.3 is 0 Å². The van der Waals surface area contributed by atoms with Crippen molar-refractivity contribution < 1.29 is 9.66 Å². The minimum Gasteiger partial charge on any atom is -0.487 e. The monoisotopic (exact) mass is 250 g/mol.